The van der Waals surface area contributed by atoms with Gasteiger partial charge in [0, 0.05) is 18.3 Å². The van der Waals surface area contributed by atoms with Gasteiger partial charge in [0.25, 0.3) is 0 Å². The van der Waals surface area contributed by atoms with Gasteiger partial charge in [0.15, 0.2) is 0 Å². The lowest BCUT2D eigenvalue weighted by Crippen LogP contribution is -2.41. The molecule has 0 atom stereocenters. The van der Waals surface area contributed by atoms with Gasteiger partial charge < -0.3 is 4.90 Å². The Bertz CT molecular complexity index is 249. The van der Waals surface area contributed by atoms with E-state index in [1.807, 2.05) is 18.3 Å². The van der Waals surface area contributed by atoms with E-state index in [4.69, 9.17) is 0 Å². The molecule has 0 saturated heterocycles. The van der Waals surface area contributed by atoms with Crippen molar-refractivity contribution in [1.29, 1.82) is 0 Å². The fourth-order valence-electron chi connectivity index (χ4n) is 1.49. The molecule has 13 heavy (non-hydrogen) atoms. The van der Waals surface area contributed by atoms with Gasteiger partial charge in [0.2, 0.25) is 0 Å². The smallest absolute Gasteiger partial charge is 0.128 e. The number of aromatic nitrogens is 1. The minimum atomic E-state index is 0.142. The molecule has 1 aromatic rings. The van der Waals surface area contributed by atoms with Crippen LogP contribution in [0.25, 0.3) is 0 Å². The van der Waals surface area contributed by atoms with Crippen molar-refractivity contribution in [3.63, 3.8) is 0 Å². The molecule has 1 rings (SSSR count). The number of pyridine rings is 1. The molecule has 0 spiro atoms. The SMILES string of the molecule is CCN(c1ccccn1)C(C)(C)C. The van der Waals surface area contributed by atoms with Gasteiger partial charge in [-0.15, -0.1) is 0 Å². The lowest BCUT2D eigenvalue weighted by Gasteiger charge is -2.35. The van der Waals surface area contributed by atoms with E-state index in [0.717, 1.165) is 12.4 Å². The molecule has 0 radical (unpaired) electrons. The number of rotatable bonds is 2. The van der Waals surface area contributed by atoms with E-state index in [9.17, 15) is 0 Å². The van der Waals surface area contributed by atoms with Crippen molar-refractivity contribution < 1.29 is 0 Å². The molecular weight excluding hydrogens is 160 g/mol. The molecule has 0 unspecified atom stereocenters. The van der Waals surface area contributed by atoms with Crippen LogP contribution in [0.1, 0.15) is 27.7 Å². The van der Waals surface area contributed by atoms with E-state index in [-0.39, 0.29) is 5.54 Å². The molecule has 0 bridgehead atoms. The van der Waals surface area contributed by atoms with Gasteiger partial charge in [-0.3, -0.25) is 0 Å². The predicted octanol–water partition coefficient (Wildman–Crippen LogP) is 2.71. The number of nitrogens with zero attached hydrogens (tertiary/aromatic N) is 2. The standard InChI is InChI=1S/C11H18N2/c1-5-13(11(2,3)4)10-8-6-7-9-12-10/h6-9H,5H2,1-4H3. The van der Waals surface area contributed by atoms with Crippen LogP contribution in [0.15, 0.2) is 24.4 Å². The second-order valence-electron chi connectivity index (χ2n) is 4.10. The summed E-state index contributed by atoms with van der Waals surface area (Å²) in [6.07, 6.45) is 1.84. The van der Waals surface area contributed by atoms with Crippen LogP contribution < -0.4 is 4.90 Å². The van der Waals surface area contributed by atoms with Crippen LogP contribution in [0.3, 0.4) is 0 Å². The Kier molecular flexibility index (Phi) is 2.91. The van der Waals surface area contributed by atoms with E-state index in [1.54, 1.807) is 0 Å². The van der Waals surface area contributed by atoms with Gasteiger partial charge in [-0.2, -0.15) is 0 Å². The number of hydrogen-bond acceptors (Lipinski definition) is 2. The third-order valence-corrected chi connectivity index (χ3v) is 2.05. The van der Waals surface area contributed by atoms with Crippen molar-refractivity contribution in [3.8, 4) is 0 Å². The summed E-state index contributed by atoms with van der Waals surface area (Å²) in [5.41, 5.74) is 0.142. The zero-order valence-corrected chi connectivity index (χ0v) is 8.91. The van der Waals surface area contributed by atoms with Crippen LogP contribution in [0.5, 0.6) is 0 Å². The fraction of sp³-hybridized carbons (Fsp3) is 0.545. The van der Waals surface area contributed by atoms with E-state index < -0.39 is 0 Å². The molecule has 0 saturated carbocycles. The monoisotopic (exact) mass is 178 g/mol. The highest BCUT2D eigenvalue weighted by Gasteiger charge is 2.20. The number of anilines is 1. The lowest BCUT2D eigenvalue weighted by molar-refractivity contribution is 0.508. The Morgan fingerprint density at radius 1 is 1.31 bits per heavy atom. The number of hydrogen-bond donors (Lipinski definition) is 0. The summed E-state index contributed by atoms with van der Waals surface area (Å²) in [5, 5.41) is 0. The van der Waals surface area contributed by atoms with Gasteiger partial charge in [0.05, 0.1) is 0 Å². The topological polar surface area (TPSA) is 16.1 Å². The molecule has 2 nitrogen and oxygen atoms in total. The summed E-state index contributed by atoms with van der Waals surface area (Å²) < 4.78 is 0. The molecule has 0 aliphatic carbocycles. The second-order valence-corrected chi connectivity index (χ2v) is 4.10. The Balaban J connectivity index is 2.92. The molecule has 1 aromatic heterocycles. The van der Waals surface area contributed by atoms with Crippen LogP contribution in [0, 0.1) is 0 Å². The Hall–Kier alpha value is -1.05. The summed E-state index contributed by atoms with van der Waals surface area (Å²) in [5.74, 6) is 1.05. The van der Waals surface area contributed by atoms with Crippen molar-refractivity contribution in [3.05, 3.63) is 24.4 Å². The van der Waals surface area contributed by atoms with E-state index in [0.29, 0.717) is 0 Å². The third kappa shape index (κ3) is 2.44. The van der Waals surface area contributed by atoms with Crippen molar-refractivity contribution in [2.45, 2.75) is 33.2 Å². The molecule has 0 aromatic carbocycles. The van der Waals surface area contributed by atoms with Crippen molar-refractivity contribution in [2.75, 3.05) is 11.4 Å². The minimum absolute atomic E-state index is 0.142. The molecule has 0 N–H and O–H groups in total. The van der Waals surface area contributed by atoms with E-state index >= 15 is 0 Å². The maximum absolute atomic E-state index is 4.34. The van der Waals surface area contributed by atoms with Crippen LogP contribution in [0.4, 0.5) is 5.82 Å². The molecule has 2 heteroatoms. The molecule has 0 fully saturated rings. The first-order chi connectivity index (χ1) is 6.05. The highest BCUT2D eigenvalue weighted by molar-refractivity contribution is 5.40. The van der Waals surface area contributed by atoms with Gasteiger partial charge in [-0.25, -0.2) is 4.98 Å². The van der Waals surface area contributed by atoms with Crippen LogP contribution in [-0.4, -0.2) is 17.1 Å². The van der Waals surface area contributed by atoms with Crippen LogP contribution in [0.2, 0.25) is 0 Å². The van der Waals surface area contributed by atoms with Gasteiger partial charge in [-0.1, -0.05) is 6.07 Å². The highest BCUT2D eigenvalue weighted by Crippen LogP contribution is 2.20. The first kappa shape index (κ1) is 10.0. The van der Waals surface area contributed by atoms with Crippen LogP contribution >= 0.6 is 0 Å². The Labute approximate surface area is 80.6 Å². The largest absolute Gasteiger partial charge is 0.352 e. The molecule has 72 valence electrons. The summed E-state index contributed by atoms with van der Waals surface area (Å²) >= 11 is 0. The Morgan fingerprint density at radius 2 is 2.00 bits per heavy atom. The molecule has 0 aliphatic heterocycles. The summed E-state index contributed by atoms with van der Waals surface area (Å²) in [4.78, 5) is 6.63. The van der Waals surface area contributed by atoms with Gasteiger partial charge >= 0.3 is 0 Å². The maximum atomic E-state index is 4.34. The van der Waals surface area contributed by atoms with Crippen molar-refractivity contribution in [2.24, 2.45) is 0 Å². The average Bonchev–Trinajstić information content (AvgIpc) is 2.05. The summed E-state index contributed by atoms with van der Waals surface area (Å²) in [6.45, 7) is 9.74. The first-order valence-corrected chi connectivity index (χ1v) is 4.74. The van der Waals surface area contributed by atoms with Gasteiger partial charge in [-0.05, 0) is 39.8 Å². The fourth-order valence-corrected chi connectivity index (χ4v) is 1.49. The minimum Gasteiger partial charge on any atom is -0.352 e. The summed E-state index contributed by atoms with van der Waals surface area (Å²) in [7, 11) is 0. The Morgan fingerprint density at radius 3 is 2.38 bits per heavy atom. The van der Waals surface area contributed by atoms with Crippen molar-refractivity contribution in [1.82, 2.24) is 4.98 Å². The predicted molar refractivity (Wildman–Crippen MR) is 57.0 cm³/mol. The van der Waals surface area contributed by atoms with Crippen LogP contribution in [-0.2, 0) is 0 Å². The van der Waals surface area contributed by atoms with Crippen molar-refractivity contribution >= 4 is 5.82 Å². The molecule has 0 amide bonds. The third-order valence-electron chi connectivity index (χ3n) is 2.05. The quantitative estimate of drug-likeness (QED) is 0.692. The maximum Gasteiger partial charge on any atom is 0.128 e. The van der Waals surface area contributed by atoms with E-state index in [2.05, 4.69) is 43.6 Å². The highest BCUT2D eigenvalue weighted by atomic mass is 15.2. The normalized spacial score (nSPS) is 11.4. The first-order valence-electron chi connectivity index (χ1n) is 4.74. The zero-order chi connectivity index (χ0) is 9.90. The second kappa shape index (κ2) is 3.77. The molecular formula is C11H18N2. The van der Waals surface area contributed by atoms with E-state index in [1.165, 1.54) is 0 Å². The average molecular weight is 178 g/mol. The summed E-state index contributed by atoms with van der Waals surface area (Å²) in [6, 6.07) is 6.02. The molecule has 1 heterocycles. The van der Waals surface area contributed by atoms with Gasteiger partial charge in [0.1, 0.15) is 5.82 Å². The molecule has 0 aliphatic rings. The zero-order valence-electron chi connectivity index (χ0n) is 8.91. The lowest BCUT2D eigenvalue weighted by atomic mass is 10.1.